The molecule has 0 saturated carbocycles. The van der Waals surface area contributed by atoms with E-state index in [2.05, 4.69) is 12.1 Å². The van der Waals surface area contributed by atoms with Crippen LogP contribution < -0.4 is 9.47 Å². The molecular weight excluding hydrogens is 330 g/mol. The molecule has 1 fully saturated rings. The number of fused-ring (bicyclic) bond motifs is 1. The van der Waals surface area contributed by atoms with Crippen molar-refractivity contribution in [2.45, 2.75) is 31.9 Å². The molecule has 5 nitrogen and oxygen atoms in total. The van der Waals surface area contributed by atoms with Gasteiger partial charge in [-0.25, -0.2) is 0 Å². The van der Waals surface area contributed by atoms with Crippen molar-refractivity contribution >= 4 is 5.91 Å². The van der Waals surface area contributed by atoms with Gasteiger partial charge in [-0.1, -0.05) is 36.4 Å². The summed E-state index contributed by atoms with van der Waals surface area (Å²) in [5.74, 6) is 1.58. The van der Waals surface area contributed by atoms with Gasteiger partial charge in [0.25, 0.3) is 5.91 Å². The number of hydrogen-bond donors (Lipinski definition) is 0. The predicted octanol–water partition coefficient (Wildman–Crippen LogP) is 3.17. The molecule has 0 spiro atoms. The maximum Gasteiger partial charge on any atom is 0.252 e. The molecule has 2 aliphatic rings. The average molecular weight is 353 g/mol. The first-order chi connectivity index (χ1) is 12.8. The van der Waals surface area contributed by atoms with Crippen LogP contribution in [-0.4, -0.2) is 36.9 Å². The molecule has 1 amide bonds. The van der Waals surface area contributed by atoms with Crippen LogP contribution >= 0.6 is 0 Å². The standard InChI is InChI=1S/C21H23NO4/c23-21(19-7-4-12-24-19)22(11-10-16-5-2-1-3-6-16)14-17-8-9-18-20(13-17)26-15-25-18/h1-3,5-6,8-9,13,19H,4,7,10-12,14-15H2/t19-/m1/s1. The third kappa shape index (κ3) is 3.83. The molecule has 0 radical (unpaired) electrons. The van der Waals surface area contributed by atoms with Gasteiger partial charge in [0.2, 0.25) is 6.79 Å². The molecular formula is C21H23NO4. The molecule has 26 heavy (non-hydrogen) atoms. The molecule has 0 N–H and O–H groups in total. The minimum atomic E-state index is -0.306. The Hall–Kier alpha value is -2.53. The van der Waals surface area contributed by atoms with E-state index < -0.39 is 0 Å². The van der Waals surface area contributed by atoms with Gasteiger partial charge < -0.3 is 19.1 Å². The Balaban J connectivity index is 1.48. The largest absolute Gasteiger partial charge is 0.454 e. The molecule has 2 aromatic rings. The zero-order valence-corrected chi connectivity index (χ0v) is 14.7. The highest BCUT2D eigenvalue weighted by atomic mass is 16.7. The van der Waals surface area contributed by atoms with Crippen LogP contribution in [0, 0.1) is 0 Å². The van der Waals surface area contributed by atoms with E-state index >= 15 is 0 Å². The van der Waals surface area contributed by atoms with Crippen molar-refractivity contribution in [2.24, 2.45) is 0 Å². The highest BCUT2D eigenvalue weighted by Crippen LogP contribution is 2.33. The lowest BCUT2D eigenvalue weighted by molar-refractivity contribution is -0.141. The van der Waals surface area contributed by atoms with Crippen LogP contribution in [0.15, 0.2) is 48.5 Å². The van der Waals surface area contributed by atoms with Crippen LogP contribution in [0.1, 0.15) is 24.0 Å². The molecule has 2 aromatic carbocycles. The fraction of sp³-hybridized carbons (Fsp3) is 0.381. The molecule has 5 heteroatoms. The van der Waals surface area contributed by atoms with Crippen LogP contribution in [0.5, 0.6) is 11.5 Å². The minimum absolute atomic E-state index is 0.0797. The lowest BCUT2D eigenvalue weighted by Crippen LogP contribution is -2.39. The second-order valence-corrected chi connectivity index (χ2v) is 6.68. The zero-order valence-electron chi connectivity index (χ0n) is 14.7. The molecule has 0 bridgehead atoms. The number of rotatable bonds is 6. The molecule has 0 aromatic heterocycles. The fourth-order valence-corrected chi connectivity index (χ4v) is 3.41. The van der Waals surface area contributed by atoms with Gasteiger partial charge in [-0.3, -0.25) is 4.79 Å². The number of benzene rings is 2. The number of carbonyl (C=O) groups excluding carboxylic acids is 1. The highest BCUT2D eigenvalue weighted by Gasteiger charge is 2.28. The summed E-state index contributed by atoms with van der Waals surface area (Å²) in [5.41, 5.74) is 2.26. The van der Waals surface area contributed by atoms with Gasteiger partial charge in [0.05, 0.1) is 0 Å². The Morgan fingerprint density at radius 1 is 1.04 bits per heavy atom. The van der Waals surface area contributed by atoms with Crippen LogP contribution in [-0.2, 0) is 22.5 Å². The molecule has 0 aliphatic carbocycles. The second-order valence-electron chi connectivity index (χ2n) is 6.68. The second kappa shape index (κ2) is 7.79. The summed E-state index contributed by atoms with van der Waals surface area (Å²) in [5, 5.41) is 0. The molecule has 1 atom stereocenters. The third-order valence-electron chi connectivity index (χ3n) is 4.84. The van der Waals surface area contributed by atoms with Gasteiger partial charge in [0.1, 0.15) is 6.10 Å². The predicted molar refractivity (Wildman–Crippen MR) is 97.1 cm³/mol. The van der Waals surface area contributed by atoms with E-state index in [0.29, 0.717) is 19.7 Å². The van der Waals surface area contributed by atoms with E-state index in [-0.39, 0.29) is 18.8 Å². The van der Waals surface area contributed by atoms with Gasteiger partial charge >= 0.3 is 0 Å². The van der Waals surface area contributed by atoms with Gasteiger partial charge in [0, 0.05) is 19.7 Å². The van der Waals surface area contributed by atoms with Crippen LogP contribution in [0.4, 0.5) is 0 Å². The van der Waals surface area contributed by atoms with Crippen LogP contribution in [0.25, 0.3) is 0 Å². The number of hydrogen-bond acceptors (Lipinski definition) is 4. The first-order valence-electron chi connectivity index (χ1n) is 9.12. The monoisotopic (exact) mass is 353 g/mol. The normalized spacial score (nSPS) is 18.1. The molecule has 2 aliphatic heterocycles. The topological polar surface area (TPSA) is 48.0 Å². The summed E-state index contributed by atoms with van der Waals surface area (Å²) in [6, 6.07) is 16.1. The lowest BCUT2D eigenvalue weighted by atomic mass is 10.1. The highest BCUT2D eigenvalue weighted by molar-refractivity contribution is 5.81. The van der Waals surface area contributed by atoms with E-state index in [1.807, 2.05) is 41.3 Å². The SMILES string of the molecule is O=C([C@H]1CCCO1)N(CCc1ccccc1)Cc1ccc2c(c1)OCO2. The first-order valence-corrected chi connectivity index (χ1v) is 9.12. The summed E-state index contributed by atoms with van der Waals surface area (Å²) in [6.07, 6.45) is 2.28. The van der Waals surface area contributed by atoms with E-state index in [1.165, 1.54) is 5.56 Å². The van der Waals surface area contributed by atoms with Crippen molar-refractivity contribution in [3.63, 3.8) is 0 Å². The average Bonchev–Trinajstić information content (AvgIpc) is 3.36. The lowest BCUT2D eigenvalue weighted by Gasteiger charge is -2.25. The third-order valence-corrected chi connectivity index (χ3v) is 4.84. The molecule has 0 unspecified atom stereocenters. The Morgan fingerprint density at radius 3 is 2.69 bits per heavy atom. The number of ether oxygens (including phenoxy) is 3. The Morgan fingerprint density at radius 2 is 1.88 bits per heavy atom. The summed E-state index contributed by atoms with van der Waals surface area (Å²) < 4.78 is 16.5. The maximum absolute atomic E-state index is 12.9. The summed E-state index contributed by atoms with van der Waals surface area (Å²) in [6.45, 7) is 2.14. The molecule has 2 heterocycles. The quantitative estimate of drug-likeness (QED) is 0.800. The van der Waals surface area contributed by atoms with Gasteiger partial charge in [-0.05, 0) is 42.5 Å². The Bertz CT molecular complexity index is 756. The van der Waals surface area contributed by atoms with Gasteiger partial charge in [0.15, 0.2) is 11.5 Å². The van der Waals surface area contributed by atoms with Crippen molar-refractivity contribution in [2.75, 3.05) is 19.9 Å². The van der Waals surface area contributed by atoms with E-state index in [4.69, 9.17) is 14.2 Å². The summed E-state index contributed by atoms with van der Waals surface area (Å²) in [7, 11) is 0. The molecule has 136 valence electrons. The van der Waals surface area contributed by atoms with E-state index in [1.54, 1.807) is 0 Å². The zero-order chi connectivity index (χ0) is 17.8. The minimum Gasteiger partial charge on any atom is -0.454 e. The number of amides is 1. The molecule has 4 rings (SSSR count). The fourth-order valence-electron chi connectivity index (χ4n) is 3.41. The van der Waals surface area contributed by atoms with Gasteiger partial charge in [-0.2, -0.15) is 0 Å². The van der Waals surface area contributed by atoms with Crippen molar-refractivity contribution in [3.05, 3.63) is 59.7 Å². The Kier molecular flexibility index (Phi) is 5.07. The van der Waals surface area contributed by atoms with Gasteiger partial charge in [-0.15, -0.1) is 0 Å². The Labute approximate surface area is 153 Å². The van der Waals surface area contributed by atoms with Crippen LogP contribution in [0.2, 0.25) is 0 Å². The summed E-state index contributed by atoms with van der Waals surface area (Å²) >= 11 is 0. The maximum atomic E-state index is 12.9. The number of carbonyl (C=O) groups is 1. The van der Waals surface area contributed by atoms with Crippen molar-refractivity contribution < 1.29 is 19.0 Å². The van der Waals surface area contributed by atoms with E-state index in [9.17, 15) is 4.79 Å². The van der Waals surface area contributed by atoms with Crippen molar-refractivity contribution in [3.8, 4) is 11.5 Å². The summed E-state index contributed by atoms with van der Waals surface area (Å²) in [4.78, 5) is 14.9. The smallest absolute Gasteiger partial charge is 0.252 e. The van der Waals surface area contributed by atoms with Crippen molar-refractivity contribution in [1.82, 2.24) is 4.90 Å². The van der Waals surface area contributed by atoms with Crippen molar-refractivity contribution in [1.29, 1.82) is 0 Å². The van der Waals surface area contributed by atoms with E-state index in [0.717, 1.165) is 36.3 Å². The van der Waals surface area contributed by atoms with Crippen LogP contribution in [0.3, 0.4) is 0 Å². The number of nitrogens with zero attached hydrogens (tertiary/aromatic N) is 1. The first kappa shape index (κ1) is 16.9. The molecule has 1 saturated heterocycles.